The van der Waals surface area contributed by atoms with E-state index in [-0.39, 0.29) is 25.4 Å². The molecule has 0 aliphatic carbocycles. The van der Waals surface area contributed by atoms with E-state index in [1.165, 1.54) is 7.11 Å². The first-order valence-corrected chi connectivity index (χ1v) is 12.6. The molecule has 1 saturated heterocycles. The van der Waals surface area contributed by atoms with Gasteiger partial charge in [-0.1, -0.05) is 72.8 Å². The van der Waals surface area contributed by atoms with Crippen molar-refractivity contribution in [3.8, 4) is 5.75 Å². The summed E-state index contributed by atoms with van der Waals surface area (Å²) in [6.45, 7) is 0.624. The average Bonchev–Trinajstić information content (AvgIpc) is 3.29. The minimum absolute atomic E-state index is 0.00240. The monoisotopic (exact) mass is 516 g/mol. The highest BCUT2D eigenvalue weighted by Gasteiger charge is 2.37. The largest absolute Gasteiger partial charge is 0.489 e. The van der Waals surface area contributed by atoms with E-state index in [9.17, 15) is 14.4 Å². The molecule has 0 saturated carbocycles. The van der Waals surface area contributed by atoms with Crippen molar-refractivity contribution in [3.05, 3.63) is 102 Å². The van der Waals surface area contributed by atoms with Crippen LogP contribution in [0, 0.1) is 0 Å². The maximum atomic E-state index is 12.6. The third-order valence-electron chi connectivity index (χ3n) is 6.38. The van der Waals surface area contributed by atoms with Crippen LogP contribution >= 0.6 is 0 Å². The zero-order valence-electron chi connectivity index (χ0n) is 21.3. The lowest BCUT2D eigenvalue weighted by atomic mass is 10.0. The highest BCUT2D eigenvalue weighted by Crippen LogP contribution is 2.18. The number of nitrogens with one attached hydrogen (secondary N) is 2. The first-order valence-electron chi connectivity index (χ1n) is 12.6. The standard InChI is InChI=1S/C30H32N2O6/c1-36-30(35)27(16-21-12-14-24(15-13-21)37-19-22-8-4-2-5-9-22)31-25-17-28(33)32-26(25)18-29(34)38-20-23-10-6-3-7-11-23/h2-15,25-27,31H,16-20H2,1H3,(H,32,33)/t25?,26?,27-/m0/s1. The molecule has 0 radical (unpaired) electrons. The fraction of sp³-hybridized carbons (Fsp3) is 0.300. The molecule has 0 bridgehead atoms. The molecule has 2 unspecified atom stereocenters. The molecule has 38 heavy (non-hydrogen) atoms. The SMILES string of the molecule is COC(=O)[C@H](Cc1ccc(OCc2ccccc2)cc1)NC1CC(=O)NC1CC(=O)OCc1ccccc1. The van der Waals surface area contributed by atoms with E-state index >= 15 is 0 Å². The summed E-state index contributed by atoms with van der Waals surface area (Å²) in [6.07, 6.45) is 0.496. The second-order valence-electron chi connectivity index (χ2n) is 9.20. The minimum atomic E-state index is -0.698. The number of esters is 2. The smallest absolute Gasteiger partial charge is 0.323 e. The summed E-state index contributed by atoms with van der Waals surface area (Å²) in [7, 11) is 1.33. The minimum Gasteiger partial charge on any atom is -0.489 e. The number of amides is 1. The van der Waals surface area contributed by atoms with Crippen LogP contribution in [0.3, 0.4) is 0 Å². The second kappa shape index (κ2) is 13.4. The quantitative estimate of drug-likeness (QED) is 0.356. The van der Waals surface area contributed by atoms with Crippen molar-refractivity contribution in [2.45, 2.75) is 50.6 Å². The molecule has 2 N–H and O–H groups in total. The molecule has 3 aromatic rings. The van der Waals surface area contributed by atoms with Gasteiger partial charge in [-0.05, 0) is 35.2 Å². The van der Waals surface area contributed by atoms with Crippen LogP contribution in [0.2, 0.25) is 0 Å². The van der Waals surface area contributed by atoms with E-state index in [1.807, 2.05) is 84.9 Å². The Labute approximate surface area is 222 Å². The Bertz CT molecular complexity index is 1200. The van der Waals surface area contributed by atoms with Gasteiger partial charge in [-0.15, -0.1) is 0 Å². The van der Waals surface area contributed by atoms with Gasteiger partial charge in [0, 0.05) is 12.5 Å². The molecule has 3 atom stereocenters. The molecule has 198 valence electrons. The number of methoxy groups -OCH3 is 1. The van der Waals surface area contributed by atoms with Gasteiger partial charge in [0.25, 0.3) is 0 Å². The van der Waals surface area contributed by atoms with Crippen LogP contribution in [0.25, 0.3) is 0 Å². The molecule has 0 spiro atoms. The van der Waals surface area contributed by atoms with Crippen LogP contribution in [0.15, 0.2) is 84.9 Å². The third-order valence-corrected chi connectivity index (χ3v) is 6.38. The van der Waals surface area contributed by atoms with Gasteiger partial charge in [-0.25, -0.2) is 0 Å². The average molecular weight is 517 g/mol. The number of ether oxygens (including phenoxy) is 3. The topological polar surface area (TPSA) is 103 Å². The molecular formula is C30H32N2O6. The molecule has 1 amide bonds. The summed E-state index contributed by atoms with van der Waals surface area (Å²) in [6, 6.07) is 25.2. The molecule has 8 nitrogen and oxygen atoms in total. The van der Waals surface area contributed by atoms with E-state index < -0.39 is 30.1 Å². The molecule has 0 aromatic heterocycles. The maximum Gasteiger partial charge on any atom is 0.323 e. The Balaban J connectivity index is 1.33. The molecule has 1 aliphatic rings. The van der Waals surface area contributed by atoms with E-state index in [0.29, 0.717) is 13.0 Å². The Kier molecular flexibility index (Phi) is 9.48. The van der Waals surface area contributed by atoms with Crippen molar-refractivity contribution in [2.75, 3.05) is 7.11 Å². The molecule has 4 rings (SSSR count). The molecule has 3 aromatic carbocycles. The first kappa shape index (κ1) is 26.9. The predicted molar refractivity (Wildman–Crippen MR) is 141 cm³/mol. The van der Waals surface area contributed by atoms with Crippen LogP contribution in [-0.4, -0.2) is 43.1 Å². The summed E-state index contributed by atoms with van der Waals surface area (Å²) in [5.41, 5.74) is 2.86. The third kappa shape index (κ3) is 7.91. The lowest BCUT2D eigenvalue weighted by Gasteiger charge is -2.25. The predicted octanol–water partition coefficient (Wildman–Crippen LogP) is 3.33. The van der Waals surface area contributed by atoms with E-state index in [1.54, 1.807) is 0 Å². The first-order chi connectivity index (χ1) is 18.5. The van der Waals surface area contributed by atoms with Crippen molar-refractivity contribution in [1.29, 1.82) is 0 Å². The summed E-state index contributed by atoms with van der Waals surface area (Å²) in [5.74, 6) is -0.334. The van der Waals surface area contributed by atoms with Gasteiger partial charge >= 0.3 is 11.9 Å². The molecule has 8 heteroatoms. The summed E-state index contributed by atoms with van der Waals surface area (Å²) in [4.78, 5) is 37.2. The zero-order valence-corrected chi connectivity index (χ0v) is 21.3. The lowest BCUT2D eigenvalue weighted by molar-refractivity contribution is -0.145. The highest BCUT2D eigenvalue weighted by molar-refractivity contribution is 5.82. The summed E-state index contributed by atoms with van der Waals surface area (Å²) < 4.78 is 16.2. The number of carbonyl (C=O) groups is 3. The Morgan fingerprint density at radius 2 is 1.53 bits per heavy atom. The number of hydrogen-bond donors (Lipinski definition) is 2. The zero-order chi connectivity index (χ0) is 26.7. The van der Waals surface area contributed by atoms with Crippen molar-refractivity contribution in [3.63, 3.8) is 0 Å². The molecule has 1 aliphatic heterocycles. The van der Waals surface area contributed by atoms with Gasteiger partial charge in [0.2, 0.25) is 5.91 Å². The number of benzene rings is 3. The van der Waals surface area contributed by atoms with Crippen molar-refractivity contribution < 1.29 is 28.6 Å². The molecule has 1 fully saturated rings. The van der Waals surface area contributed by atoms with Crippen molar-refractivity contribution in [2.24, 2.45) is 0 Å². The van der Waals surface area contributed by atoms with Gasteiger partial charge in [-0.3, -0.25) is 19.7 Å². The van der Waals surface area contributed by atoms with E-state index in [4.69, 9.17) is 14.2 Å². The number of rotatable bonds is 12. The number of hydrogen-bond acceptors (Lipinski definition) is 7. The Hall–Kier alpha value is -4.17. The van der Waals surface area contributed by atoms with Crippen LogP contribution in [-0.2, 0) is 43.5 Å². The van der Waals surface area contributed by atoms with Crippen LogP contribution < -0.4 is 15.4 Å². The van der Waals surface area contributed by atoms with Gasteiger partial charge in [-0.2, -0.15) is 0 Å². The van der Waals surface area contributed by atoms with Crippen LogP contribution in [0.1, 0.15) is 29.5 Å². The van der Waals surface area contributed by atoms with Crippen molar-refractivity contribution in [1.82, 2.24) is 10.6 Å². The Morgan fingerprint density at radius 3 is 2.16 bits per heavy atom. The second-order valence-corrected chi connectivity index (χ2v) is 9.20. The normalized spacial score (nSPS) is 17.3. The van der Waals surface area contributed by atoms with Crippen LogP contribution in [0.5, 0.6) is 5.75 Å². The van der Waals surface area contributed by atoms with Crippen LogP contribution in [0.4, 0.5) is 0 Å². The Morgan fingerprint density at radius 1 is 0.895 bits per heavy atom. The fourth-order valence-corrected chi connectivity index (χ4v) is 4.36. The fourth-order valence-electron chi connectivity index (χ4n) is 4.36. The summed E-state index contributed by atoms with van der Waals surface area (Å²) in [5, 5.41) is 6.06. The number of carbonyl (C=O) groups excluding carboxylic acids is 3. The molecule has 1 heterocycles. The maximum absolute atomic E-state index is 12.6. The van der Waals surface area contributed by atoms with E-state index in [2.05, 4.69) is 10.6 Å². The van der Waals surface area contributed by atoms with Gasteiger partial charge in [0.1, 0.15) is 25.0 Å². The van der Waals surface area contributed by atoms with E-state index in [0.717, 1.165) is 22.4 Å². The summed E-state index contributed by atoms with van der Waals surface area (Å²) >= 11 is 0. The van der Waals surface area contributed by atoms with Gasteiger partial charge in [0.15, 0.2) is 0 Å². The van der Waals surface area contributed by atoms with Gasteiger partial charge < -0.3 is 19.5 Å². The van der Waals surface area contributed by atoms with Crippen molar-refractivity contribution >= 4 is 17.8 Å². The lowest BCUT2D eigenvalue weighted by Crippen LogP contribution is -2.50. The molecular weight excluding hydrogens is 484 g/mol. The van der Waals surface area contributed by atoms with Gasteiger partial charge in [0.05, 0.1) is 19.6 Å². The highest BCUT2D eigenvalue weighted by atomic mass is 16.5.